The van der Waals surface area contributed by atoms with Crippen molar-refractivity contribution in [3.05, 3.63) is 28.3 Å². The first-order valence-electron chi connectivity index (χ1n) is 5.08. The minimum atomic E-state index is -3.12. The Balaban J connectivity index is 3.70. The van der Waals surface area contributed by atoms with Crippen LogP contribution in [0.1, 0.15) is 29.2 Å². The van der Waals surface area contributed by atoms with E-state index in [4.69, 9.17) is 0 Å². The standard InChI is InChI=1S/C12H18O2S/c1-6-11-7-8(2)9(3)10(4)12(11)15(5,13)14/h7H,6H2,1-5H3. The number of rotatable bonds is 2. The zero-order chi connectivity index (χ0) is 11.8. The van der Waals surface area contributed by atoms with Crippen molar-refractivity contribution in [1.29, 1.82) is 0 Å². The quantitative estimate of drug-likeness (QED) is 0.776. The molecule has 0 bridgehead atoms. The molecule has 0 heterocycles. The van der Waals surface area contributed by atoms with E-state index in [0.717, 1.165) is 28.7 Å². The second kappa shape index (κ2) is 3.97. The lowest BCUT2D eigenvalue weighted by atomic mass is 9.99. The van der Waals surface area contributed by atoms with Gasteiger partial charge in [0.25, 0.3) is 0 Å². The molecule has 15 heavy (non-hydrogen) atoms. The third kappa shape index (κ3) is 2.23. The van der Waals surface area contributed by atoms with Gasteiger partial charge in [-0.2, -0.15) is 0 Å². The van der Waals surface area contributed by atoms with Crippen LogP contribution >= 0.6 is 0 Å². The van der Waals surface area contributed by atoms with Crippen molar-refractivity contribution in [2.45, 2.75) is 39.0 Å². The van der Waals surface area contributed by atoms with Crippen LogP contribution in [0.25, 0.3) is 0 Å². The SMILES string of the molecule is CCc1cc(C)c(C)c(C)c1S(C)(=O)=O. The maximum absolute atomic E-state index is 11.7. The highest BCUT2D eigenvalue weighted by Gasteiger charge is 2.17. The molecule has 0 amide bonds. The van der Waals surface area contributed by atoms with Crippen molar-refractivity contribution in [2.75, 3.05) is 6.26 Å². The Hall–Kier alpha value is -0.830. The molecule has 0 spiro atoms. The Morgan fingerprint density at radius 2 is 1.67 bits per heavy atom. The molecule has 1 rings (SSSR count). The second-order valence-corrected chi connectivity index (χ2v) is 6.01. The molecule has 0 radical (unpaired) electrons. The molecule has 0 aromatic heterocycles. The minimum absolute atomic E-state index is 0.521. The summed E-state index contributed by atoms with van der Waals surface area (Å²) >= 11 is 0. The second-order valence-electron chi connectivity index (χ2n) is 4.06. The molecule has 0 aliphatic rings. The summed E-state index contributed by atoms with van der Waals surface area (Å²) in [6, 6.07) is 1.98. The summed E-state index contributed by atoms with van der Waals surface area (Å²) in [5.41, 5.74) is 4.07. The van der Waals surface area contributed by atoms with E-state index in [0.29, 0.717) is 4.90 Å². The molecule has 84 valence electrons. The molecule has 0 aliphatic carbocycles. The van der Waals surface area contributed by atoms with E-state index >= 15 is 0 Å². The van der Waals surface area contributed by atoms with Crippen molar-refractivity contribution >= 4 is 9.84 Å². The molecule has 0 N–H and O–H groups in total. The van der Waals surface area contributed by atoms with Gasteiger partial charge >= 0.3 is 0 Å². The number of benzene rings is 1. The molecule has 0 unspecified atom stereocenters. The molecule has 0 fully saturated rings. The molecule has 1 aromatic rings. The molecule has 1 aromatic carbocycles. The van der Waals surface area contributed by atoms with E-state index < -0.39 is 9.84 Å². The molecule has 0 aliphatic heterocycles. The third-order valence-corrected chi connectivity index (χ3v) is 4.24. The van der Waals surface area contributed by atoms with Crippen LogP contribution in [0.4, 0.5) is 0 Å². The van der Waals surface area contributed by atoms with Crippen LogP contribution in [0.5, 0.6) is 0 Å². The lowest BCUT2D eigenvalue weighted by Gasteiger charge is -2.14. The van der Waals surface area contributed by atoms with Gasteiger partial charge in [0.15, 0.2) is 9.84 Å². The predicted molar refractivity (Wildman–Crippen MR) is 63.1 cm³/mol. The zero-order valence-electron chi connectivity index (χ0n) is 10.0. The summed E-state index contributed by atoms with van der Waals surface area (Å²) < 4.78 is 23.4. The fraction of sp³-hybridized carbons (Fsp3) is 0.500. The fourth-order valence-electron chi connectivity index (χ4n) is 1.92. The average Bonchev–Trinajstić information content (AvgIpc) is 2.11. The highest BCUT2D eigenvalue weighted by atomic mass is 32.2. The molecule has 3 heteroatoms. The van der Waals surface area contributed by atoms with E-state index in [1.165, 1.54) is 6.26 Å². The average molecular weight is 226 g/mol. The number of aryl methyl sites for hydroxylation is 2. The van der Waals surface area contributed by atoms with Crippen LogP contribution in [0.3, 0.4) is 0 Å². The maximum Gasteiger partial charge on any atom is 0.176 e. The third-order valence-electron chi connectivity index (χ3n) is 2.93. The van der Waals surface area contributed by atoms with Crippen molar-refractivity contribution in [3.63, 3.8) is 0 Å². The summed E-state index contributed by atoms with van der Waals surface area (Å²) in [7, 11) is -3.12. The van der Waals surface area contributed by atoms with Gasteiger partial charge in [-0.15, -0.1) is 0 Å². The van der Waals surface area contributed by atoms with Gasteiger partial charge in [0, 0.05) is 6.26 Å². The van der Waals surface area contributed by atoms with Crippen LogP contribution in [0.2, 0.25) is 0 Å². The van der Waals surface area contributed by atoms with Gasteiger partial charge in [-0.1, -0.05) is 13.0 Å². The topological polar surface area (TPSA) is 34.1 Å². The summed E-state index contributed by atoms with van der Waals surface area (Å²) in [6.07, 6.45) is 2.04. The van der Waals surface area contributed by atoms with E-state index in [9.17, 15) is 8.42 Å². The van der Waals surface area contributed by atoms with Gasteiger partial charge in [0.2, 0.25) is 0 Å². The first kappa shape index (κ1) is 12.2. The summed E-state index contributed by atoms with van der Waals surface area (Å²) in [4.78, 5) is 0.521. The summed E-state index contributed by atoms with van der Waals surface area (Å²) in [5.74, 6) is 0. The zero-order valence-corrected chi connectivity index (χ0v) is 10.8. The molecule has 0 saturated carbocycles. The molecule has 2 nitrogen and oxygen atoms in total. The Bertz CT molecular complexity index is 485. The number of hydrogen-bond donors (Lipinski definition) is 0. The maximum atomic E-state index is 11.7. The van der Waals surface area contributed by atoms with Crippen LogP contribution in [0.15, 0.2) is 11.0 Å². The van der Waals surface area contributed by atoms with Crippen molar-refractivity contribution < 1.29 is 8.42 Å². The van der Waals surface area contributed by atoms with E-state index in [1.54, 1.807) is 0 Å². The molecule has 0 atom stereocenters. The number of hydrogen-bond acceptors (Lipinski definition) is 2. The van der Waals surface area contributed by atoms with Crippen molar-refractivity contribution in [3.8, 4) is 0 Å². The normalized spacial score (nSPS) is 11.8. The lowest BCUT2D eigenvalue weighted by molar-refractivity contribution is 0.600. The number of sulfone groups is 1. The molecular weight excluding hydrogens is 208 g/mol. The Labute approximate surface area is 92.2 Å². The largest absolute Gasteiger partial charge is 0.224 e. The van der Waals surface area contributed by atoms with Gasteiger partial charge in [-0.05, 0) is 49.4 Å². The Morgan fingerprint density at radius 1 is 1.13 bits per heavy atom. The van der Waals surface area contributed by atoms with Gasteiger partial charge in [-0.3, -0.25) is 0 Å². The highest BCUT2D eigenvalue weighted by Crippen LogP contribution is 2.26. The minimum Gasteiger partial charge on any atom is -0.224 e. The Kier molecular flexibility index (Phi) is 3.24. The van der Waals surface area contributed by atoms with Crippen LogP contribution in [-0.2, 0) is 16.3 Å². The lowest BCUT2D eigenvalue weighted by Crippen LogP contribution is -2.07. The van der Waals surface area contributed by atoms with E-state index in [-0.39, 0.29) is 0 Å². The van der Waals surface area contributed by atoms with Gasteiger partial charge < -0.3 is 0 Å². The predicted octanol–water partition coefficient (Wildman–Crippen LogP) is 2.58. The van der Waals surface area contributed by atoms with Gasteiger partial charge in [0.1, 0.15) is 0 Å². The van der Waals surface area contributed by atoms with Gasteiger partial charge in [0.05, 0.1) is 4.90 Å². The van der Waals surface area contributed by atoms with Crippen LogP contribution in [-0.4, -0.2) is 14.7 Å². The van der Waals surface area contributed by atoms with E-state index in [2.05, 4.69) is 0 Å². The smallest absolute Gasteiger partial charge is 0.176 e. The Morgan fingerprint density at radius 3 is 2.07 bits per heavy atom. The molecular formula is C12H18O2S. The fourth-order valence-corrected chi connectivity index (χ4v) is 3.31. The van der Waals surface area contributed by atoms with Crippen LogP contribution in [0, 0.1) is 20.8 Å². The van der Waals surface area contributed by atoms with Gasteiger partial charge in [-0.25, -0.2) is 8.42 Å². The van der Waals surface area contributed by atoms with E-state index in [1.807, 2.05) is 33.8 Å². The first-order chi connectivity index (χ1) is 6.79. The first-order valence-corrected chi connectivity index (χ1v) is 6.98. The summed E-state index contributed by atoms with van der Waals surface area (Å²) in [5, 5.41) is 0. The summed E-state index contributed by atoms with van der Waals surface area (Å²) in [6.45, 7) is 7.86. The van der Waals surface area contributed by atoms with Crippen molar-refractivity contribution in [2.24, 2.45) is 0 Å². The van der Waals surface area contributed by atoms with Crippen LogP contribution < -0.4 is 0 Å². The molecule has 0 saturated heterocycles. The monoisotopic (exact) mass is 226 g/mol. The van der Waals surface area contributed by atoms with Crippen molar-refractivity contribution in [1.82, 2.24) is 0 Å². The highest BCUT2D eigenvalue weighted by molar-refractivity contribution is 7.90.